The zero-order valence-electron chi connectivity index (χ0n) is 10.6. The van der Waals surface area contributed by atoms with Crippen molar-refractivity contribution in [2.45, 2.75) is 6.54 Å². The van der Waals surface area contributed by atoms with E-state index in [4.69, 9.17) is 11.6 Å². The van der Waals surface area contributed by atoms with E-state index < -0.39 is 0 Å². The average molecular weight is 286 g/mol. The first-order chi connectivity index (χ1) is 9.74. The minimum absolute atomic E-state index is 0.164. The molecular weight excluding hydrogens is 274 g/mol. The Hall–Kier alpha value is -2.33. The van der Waals surface area contributed by atoms with Crippen LogP contribution in [0.1, 0.15) is 15.9 Å². The first-order valence-corrected chi connectivity index (χ1v) is 6.56. The van der Waals surface area contributed by atoms with Crippen molar-refractivity contribution in [3.05, 3.63) is 64.8 Å². The average Bonchev–Trinajstić information content (AvgIpc) is 2.93. The summed E-state index contributed by atoms with van der Waals surface area (Å²) in [6.45, 7) is 0.478. The molecule has 20 heavy (non-hydrogen) atoms. The standard InChI is InChI=1S/C15H12ClN3O/c16-11-6-12(13-9-18-19-14(13)7-11)15(20)17-8-10-4-2-1-3-5-10/h1-7,9H,8H2,(H,17,20)(H,18,19). The van der Waals surface area contributed by atoms with Crippen molar-refractivity contribution in [3.63, 3.8) is 0 Å². The van der Waals surface area contributed by atoms with Crippen molar-refractivity contribution in [3.8, 4) is 0 Å². The Balaban J connectivity index is 1.84. The maximum Gasteiger partial charge on any atom is 0.252 e. The number of aromatic amines is 1. The summed E-state index contributed by atoms with van der Waals surface area (Å²) in [4.78, 5) is 12.3. The fraction of sp³-hybridized carbons (Fsp3) is 0.0667. The van der Waals surface area contributed by atoms with Crippen LogP contribution < -0.4 is 5.32 Å². The Morgan fingerprint density at radius 3 is 2.85 bits per heavy atom. The second-order valence-corrected chi connectivity index (χ2v) is 4.89. The molecule has 0 unspecified atom stereocenters. The van der Waals surface area contributed by atoms with Crippen LogP contribution in [0.3, 0.4) is 0 Å². The Kier molecular flexibility index (Phi) is 3.39. The lowest BCUT2D eigenvalue weighted by Crippen LogP contribution is -2.22. The van der Waals surface area contributed by atoms with Crippen LogP contribution in [0.25, 0.3) is 10.9 Å². The van der Waals surface area contributed by atoms with Crippen molar-refractivity contribution in [2.24, 2.45) is 0 Å². The molecule has 3 aromatic rings. The lowest BCUT2D eigenvalue weighted by atomic mass is 10.1. The number of H-pyrrole nitrogens is 1. The normalized spacial score (nSPS) is 10.7. The number of nitrogens with zero attached hydrogens (tertiary/aromatic N) is 1. The van der Waals surface area contributed by atoms with E-state index in [9.17, 15) is 4.79 Å². The largest absolute Gasteiger partial charge is 0.348 e. The summed E-state index contributed by atoms with van der Waals surface area (Å²) in [6, 6.07) is 13.1. The quantitative estimate of drug-likeness (QED) is 0.777. The van der Waals surface area contributed by atoms with Gasteiger partial charge in [-0.05, 0) is 17.7 Å². The van der Waals surface area contributed by atoms with E-state index in [0.29, 0.717) is 17.1 Å². The molecule has 1 heterocycles. The van der Waals surface area contributed by atoms with Gasteiger partial charge in [0.05, 0.1) is 17.3 Å². The van der Waals surface area contributed by atoms with Crippen LogP contribution in [0.2, 0.25) is 5.02 Å². The smallest absolute Gasteiger partial charge is 0.252 e. The number of hydrogen-bond acceptors (Lipinski definition) is 2. The van der Waals surface area contributed by atoms with Crippen molar-refractivity contribution in [1.82, 2.24) is 15.5 Å². The number of benzene rings is 2. The summed E-state index contributed by atoms with van der Waals surface area (Å²) in [5.74, 6) is -0.164. The van der Waals surface area contributed by atoms with Gasteiger partial charge in [0.15, 0.2) is 0 Å². The zero-order valence-corrected chi connectivity index (χ0v) is 11.3. The third-order valence-electron chi connectivity index (χ3n) is 3.06. The number of halogens is 1. The second kappa shape index (κ2) is 5.35. The summed E-state index contributed by atoms with van der Waals surface area (Å²) in [7, 11) is 0. The third kappa shape index (κ3) is 2.51. The van der Waals surface area contributed by atoms with Gasteiger partial charge in [-0.15, -0.1) is 0 Å². The van der Waals surface area contributed by atoms with Crippen LogP contribution in [0.5, 0.6) is 0 Å². The van der Waals surface area contributed by atoms with Gasteiger partial charge in [0, 0.05) is 17.0 Å². The lowest BCUT2D eigenvalue weighted by molar-refractivity contribution is 0.0952. The predicted octanol–water partition coefficient (Wildman–Crippen LogP) is 3.15. The SMILES string of the molecule is O=C(NCc1ccccc1)c1cc(Cl)cc2[nH]ncc12. The third-order valence-corrected chi connectivity index (χ3v) is 3.28. The van der Waals surface area contributed by atoms with Crippen molar-refractivity contribution < 1.29 is 4.79 Å². The van der Waals surface area contributed by atoms with Crippen molar-refractivity contribution in [1.29, 1.82) is 0 Å². The minimum Gasteiger partial charge on any atom is -0.348 e. The number of carbonyl (C=O) groups is 1. The maximum absolute atomic E-state index is 12.3. The molecule has 0 atom stereocenters. The zero-order chi connectivity index (χ0) is 13.9. The number of rotatable bonds is 3. The summed E-state index contributed by atoms with van der Waals surface area (Å²) >= 11 is 6.01. The van der Waals surface area contributed by atoms with Gasteiger partial charge in [0.1, 0.15) is 0 Å². The molecule has 0 aliphatic carbocycles. The van der Waals surface area contributed by atoms with Gasteiger partial charge in [-0.25, -0.2) is 0 Å². The molecule has 0 saturated heterocycles. The molecule has 0 aliphatic rings. The Morgan fingerprint density at radius 1 is 1.25 bits per heavy atom. The van der Waals surface area contributed by atoms with Gasteiger partial charge in [0.25, 0.3) is 5.91 Å². The summed E-state index contributed by atoms with van der Waals surface area (Å²) < 4.78 is 0. The molecule has 0 fully saturated rings. The van der Waals surface area contributed by atoms with Gasteiger partial charge < -0.3 is 5.32 Å². The van der Waals surface area contributed by atoms with Crippen LogP contribution in [0.4, 0.5) is 0 Å². The molecular formula is C15H12ClN3O. The number of nitrogens with one attached hydrogen (secondary N) is 2. The van der Waals surface area contributed by atoms with Gasteiger partial charge in [-0.2, -0.15) is 5.10 Å². The van der Waals surface area contributed by atoms with Crippen LogP contribution in [-0.2, 0) is 6.54 Å². The fourth-order valence-corrected chi connectivity index (χ4v) is 2.30. The van der Waals surface area contributed by atoms with E-state index in [1.54, 1.807) is 18.3 Å². The first kappa shape index (κ1) is 12.7. The molecule has 0 radical (unpaired) electrons. The molecule has 1 aromatic heterocycles. The number of aromatic nitrogens is 2. The Bertz CT molecular complexity index is 752. The summed E-state index contributed by atoms with van der Waals surface area (Å²) in [5.41, 5.74) is 2.32. The number of hydrogen-bond donors (Lipinski definition) is 2. The number of carbonyl (C=O) groups excluding carboxylic acids is 1. The Labute approximate surface area is 120 Å². The highest BCUT2D eigenvalue weighted by Gasteiger charge is 2.12. The van der Waals surface area contributed by atoms with E-state index in [1.807, 2.05) is 30.3 Å². The second-order valence-electron chi connectivity index (χ2n) is 4.45. The van der Waals surface area contributed by atoms with E-state index in [1.165, 1.54) is 0 Å². The van der Waals surface area contributed by atoms with Crippen LogP contribution in [0.15, 0.2) is 48.7 Å². The highest BCUT2D eigenvalue weighted by atomic mass is 35.5. The molecule has 0 bridgehead atoms. The van der Waals surface area contributed by atoms with E-state index in [0.717, 1.165) is 16.5 Å². The predicted molar refractivity (Wildman–Crippen MR) is 78.7 cm³/mol. The van der Waals surface area contributed by atoms with Gasteiger partial charge >= 0.3 is 0 Å². The van der Waals surface area contributed by atoms with E-state index in [-0.39, 0.29) is 5.91 Å². The van der Waals surface area contributed by atoms with Crippen LogP contribution in [-0.4, -0.2) is 16.1 Å². The molecule has 100 valence electrons. The topological polar surface area (TPSA) is 57.8 Å². The highest BCUT2D eigenvalue weighted by molar-refractivity contribution is 6.32. The number of amides is 1. The molecule has 3 rings (SSSR count). The van der Waals surface area contributed by atoms with E-state index in [2.05, 4.69) is 15.5 Å². The molecule has 0 spiro atoms. The molecule has 2 N–H and O–H groups in total. The van der Waals surface area contributed by atoms with Gasteiger partial charge in [-0.3, -0.25) is 9.89 Å². The molecule has 5 heteroatoms. The fourth-order valence-electron chi connectivity index (χ4n) is 2.08. The van der Waals surface area contributed by atoms with Crippen molar-refractivity contribution >= 4 is 28.4 Å². The molecule has 2 aromatic carbocycles. The highest BCUT2D eigenvalue weighted by Crippen LogP contribution is 2.22. The molecule has 0 aliphatic heterocycles. The van der Waals surface area contributed by atoms with Crippen LogP contribution in [0, 0.1) is 0 Å². The molecule has 4 nitrogen and oxygen atoms in total. The lowest BCUT2D eigenvalue weighted by Gasteiger charge is -2.07. The summed E-state index contributed by atoms with van der Waals surface area (Å²) in [5, 5.41) is 10.9. The van der Waals surface area contributed by atoms with Gasteiger partial charge in [-0.1, -0.05) is 41.9 Å². The monoisotopic (exact) mass is 285 g/mol. The molecule has 0 saturated carbocycles. The minimum atomic E-state index is -0.164. The maximum atomic E-state index is 12.3. The Morgan fingerprint density at radius 2 is 2.05 bits per heavy atom. The van der Waals surface area contributed by atoms with E-state index >= 15 is 0 Å². The summed E-state index contributed by atoms with van der Waals surface area (Å²) in [6.07, 6.45) is 1.63. The first-order valence-electron chi connectivity index (χ1n) is 6.19. The van der Waals surface area contributed by atoms with Crippen molar-refractivity contribution in [2.75, 3.05) is 0 Å². The molecule has 1 amide bonds. The van der Waals surface area contributed by atoms with Crippen LogP contribution >= 0.6 is 11.6 Å². The van der Waals surface area contributed by atoms with Gasteiger partial charge in [0.2, 0.25) is 0 Å². The number of fused-ring (bicyclic) bond motifs is 1.